The van der Waals surface area contributed by atoms with E-state index in [1.165, 1.54) is 15.8 Å². The van der Waals surface area contributed by atoms with E-state index >= 15 is 0 Å². The summed E-state index contributed by atoms with van der Waals surface area (Å²) in [7, 11) is 0. The van der Waals surface area contributed by atoms with Crippen LogP contribution in [0.2, 0.25) is 0 Å². The molecule has 0 spiro atoms. The summed E-state index contributed by atoms with van der Waals surface area (Å²) in [6.07, 6.45) is 0. The molecule has 5 aromatic carbocycles. The molecule has 36 heavy (non-hydrogen) atoms. The molecular weight excluding hydrogens is 458 g/mol. The van der Waals surface area contributed by atoms with Crippen molar-refractivity contribution in [3.8, 4) is 38.8 Å². The zero-order valence-corrected chi connectivity index (χ0v) is 20.2. The lowest BCUT2D eigenvalue weighted by molar-refractivity contribution is 1.10. The summed E-state index contributed by atoms with van der Waals surface area (Å²) in [5.41, 5.74) is 8.85. The first kappa shape index (κ1) is 20.8. The fourth-order valence-electron chi connectivity index (χ4n) is 4.67. The normalized spacial score (nSPS) is 11.3. The first-order valence-corrected chi connectivity index (χ1v) is 12.7. The number of rotatable bonds is 4. The van der Waals surface area contributed by atoms with Crippen LogP contribution in [0, 0.1) is 0 Å². The monoisotopic (exact) mass is 479 g/mol. The predicted molar refractivity (Wildman–Crippen MR) is 151 cm³/mol. The number of thiazole rings is 1. The van der Waals surface area contributed by atoms with Gasteiger partial charge in [0.15, 0.2) is 0 Å². The highest BCUT2D eigenvalue weighted by Gasteiger charge is 2.14. The van der Waals surface area contributed by atoms with Crippen molar-refractivity contribution in [1.82, 2.24) is 14.5 Å². The van der Waals surface area contributed by atoms with Gasteiger partial charge in [0.1, 0.15) is 10.8 Å². The maximum absolute atomic E-state index is 4.98. The third-order valence-corrected chi connectivity index (χ3v) is 7.56. The SMILES string of the molecule is c1ccc(-n2c(-c3ccc(-c4ccc(-c5nc6ccccc6s5)cc4)cc3)nc3ccccc32)cc1. The van der Waals surface area contributed by atoms with E-state index in [-0.39, 0.29) is 0 Å². The van der Waals surface area contributed by atoms with Crippen molar-refractivity contribution in [2.45, 2.75) is 0 Å². The second-order valence-corrected chi connectivity index (χ2v) is 9.77. The summed E-state index contributed by atoms with van der Waals surface area (Å²) in [4.78, 5) is 9.77. The van der Waals surface area contributed by atoms with Crippen molar-refractivity contribution in [2.24, 2.45) is 0 Å². The van der Waals surface area contributed by atoms with Crippen LogP contribution in [0.5, 0.6) is 0 Å². The minimum atomic E-state index is 0.945. The smallest absolute Gasteiger partial charge is 0.145 e. The molecular formula is C32H21N3S. The second-order valence-electron chi connectivity index (χ2n) is 8.74. The molecule has 0 saturated carbocycles. The average molecular weight is 480 g/mol. The van der Waals surface area contributed by atoms with Crippen LogP contribution in [-0.2, 0) is 0 Å². The number of hydrogen-bond donors (Lipinski definition) is 0. The molecule has 170 valence electrons. The van der Waals surface area contributed by atoms with Gasteiger partial charge in [0.2, 0.25) is 0 Å². The Labute approximate surface area is 213 Å². The summed E-state index contributed by atoms with van der Waals surface area (Å²) in [5, 5.41) is 1.05. The summed E-state index contributed by atoms with van der Waals surface area (Å²) in [5.74, 6) is 0.945. The van der Waals surface area contributed by atoms with Crippen LogP contribution in [-0.4, -0.2) is 14.5 Å². The summed E-state index contributed by atoms with van der Waals surface area (Å²) >= 11 is 1.73. The van der Waals surface area contributed by atoms with Gasteiger partial charge in [-0.25, -0.2) is 9.97 Å². The molecule has 4 heteroatoms. The molecule has 2 heterocycles. The summed E-state index contributed by atoms with van der Waals surface area (Å²) < 4.78 is 3.45. The Morgan fingerprint density at radius 1 is 0.472 bits per heavy atom. The van der Waals surface area contributed by atoms with Crippen LogP contribution < -0.4 is 0 Å². The molecule has 0 bridgehead atoms. The van der Waals surface area contributed by atoms with E-state index in [1.54, 1.807) is 11.3 Å². The molecule has 7 rings (SSSR count). The third-order valence-electron chi connectivity index (χ3n) is 6.48. The van der Waals surface area contributed by atoms with Crippen LogP contribution in [0.3, 0.4) is 0 Å². The van der Waals surface area contributed by atoms with Gasteiger partial charge in [-0.2, -0.15) is 0 Å². The number of nitrogens with zero attached hydrogens (tertiary/aromatic N) is 3. The average Bonchev–Trinajstić information content (AvgIpc) is 3.56. The Kier molecular flexibility index (Phi) is 4.97. The number of imidazole rings is 1. The Bertz CT molecular complexity index is 1780. The Balaban J connectivity index is 1.23. The zero-order chi connectivity index (χ0) is 23.9. The molecule has 0 aliphatic rings. The van der Waals surface area contributed by atoms with Crippen LogP contribution in [0.25, 0.3) is 60.0 Å². The molecule has 0 amide bonds. The number of fused-ring (bicyclic) bond motifs is 2. The van der Waals surface area contributed by atoms with Gasteiger partial charge in [-0.05, 0) is 47.5 Å². The third kappa shape index (κ3) is 3.60. The van der Waals surface area contributed by atoms with Gasteiger partial charge in [-0.15, -0.1) is 11.3 Å². The van der Waals surface area contributed by atoms with Gasteiger partial charge in [0.25, 0.3) is 0 Å². The van der Waals surface area contributed by atoms with E-state index in [9.17, 15) is 0 Å². The highest BCUT2D eigenvalue weighted by molar-refractivity contribution is 7.21. The van der Waals surface area contributed by atoms with Gasteiger partial charge >= 0.3 is 0 Å². The maximum atomic E-state index is 4.98. The zero-order valence-electron chi connectivity index (χ0n) is 19.4. The molecule has 0 radical (unpaired) electrons. The molecule has 0 fully saturated rings. The first-order valence-electron chi connectivity index (χ1n) is 11.9. The Morgan fingerprint density at radius 2 is 1.06 bits per heavy atom. The lowest BCUT2D eigenvalue weighted by Crippen LogP contribution is -1.97. The Morgan fingerprint density at radius 3 is 1.78 bits per heavy atom. The predicted octanol–water partition coefficient (Wildman–Crippen LogP) is 8.64. The highest BCUT2D eigenvalue weighted by atomic mass is 32.1. The van der Waals surface area contributed by atoms with E-state index in [0.717, 1.165) is 44.2 Å². The number of benzene rings is 5. The van der Waals surface area contributed by atoms with Crippen LogP contribution in [0.4, 0.5) is 0 Å². The van der Waals surface area contributed by atoms with Gasteiger partial charge in [0.05, 0.1) is 21.3 Å². The highest BCUT2D eigenvalue weighted by Crippen LogP contribution is 2.33. The molecule has 7 aromatic rings. The van der Waals surface area contributed by atoms with Gasteiger partial charge < -0.3 is 0 Å². The van der Waals surface area contributed by atoms with Crippen molar-refractivity contribution in [3.05, 3.63) is 127 Å². The minimum Gasteiger partial charge on any atom is -0.292 e. The van der Waals surface area contributed by atoms with E-state index in [0.29, 0.717) is 0 Å². The lowest BCUT2D eigenvalue weighted by atomic mass is 10.0. The second kappa shape index (κ2) is 8.59. The molecule has 2 aromatic heterocycles. The number of para-hydroxylation sites is 4. The van der Waals surface area contributed by atoms with Crippen molar-refractivity contribution in [2.75, 3.05) is 0 Å². The van der Waals surface area contributed by atoms with E-state index in [4.69, 9.17) is 9.97 Å². The quantitative estimate of drug-likeness (QED) is 0.253. The molecule has 0 N–H and O–H groups in total. The number of hydrogen-bond acceptors (Lipinski definition) is 3. The Hall–Kier alpha value is -4.54. The van der Waals surface area contributed by atoms with Crippen LogP contribution in [0.15, 0.2) is 127 Å². The van der Waals surface area contributed by atoms with Crippen molar-refractivity contribution in [3.63, 3.8) is 0 Å². The molecule has 3 nitrogen and oxygen atoms in total. The van der Waals surface area contributed by atoms with Gasteiger partial charge in [0, 0.05) is 16.8 Å². The molecule has 0 unspecified atom stereocenters. The van der Waals surface area contributed by atoms with Crippen molar-refractivity contribution < 1.29 is 0 Å². The molecule has 0 aliphatic heterocycles. The van der Waals surface area contributed by atoms with E-state index in [2.05, 4.69) is 114 Å². The minimum absolute atomic E-state index is 0.945. The van der Waals surface area contributed by atoms with Crippen molar-refractivity contribution in [1.29, 1.82) is 0 Å². The van der Waals surface area contributed by atoms with Crippen LogP contribution >= 0.6 is 11.3 Å². The lowest BCUT2D eigenvalue weighted by Gasteiger charge is -2.10. The number of aromatic nitrogens is 3. The fourth-order valence-corrected chi connectivity index (χ4v) is 5.64. The largest absolute Gasteiger partial charge is 0.292 e. The summed E-state index contributed by atoms with van der Waals surface area (Å²) in [6, 6.07) is 44.4. The van der Waals surface area contributed by atoms with Crippen molar-refractivity contribution >= 4 is 32.6 Å². The summed E-state index contributed by atoms with van der Waals surface area (Å²) in [6.45, 7) is 0. The topological polar surface area (TPSA) is 30.7 Å². The first-order chi connectivity index (χ1) is 17.8. The van der Waals surface area contributed by atoms with E-state index < -0.39 is 0 Å². The maximum Gasteiger partial charge on any atom is 0.145 e. The standard InChI is InChI=1S/C32H21N3S/c1-2-8-26(9-3-1)35-29-12-6-4-10-27(29)33-31(35)24-18-14-22(15-19-24)23-16-20-25(21-17-23)32-34-28-11-5-7-13-30(28)36-32/h1-21H. The van der Waals surface area contributed by atoms with E-state index in [1.807, 2.05) is 18.2 Å². The molecule has 0 atom stereocenters. The van der Waals surface area contributed by atoms with Gasteiger partial charge in [-0.1, -0.05) is 91.0 Å². The fraction of sp³-hybridized carbons (Fsp3) is 0. The van der Waals surface area contributed by atoms with Crippen LogP contribution in [0.1, 0.15) is 0 Å². The molecule has 0 aliphatic carbocycles. The molecule has 0 saturated heterocycles. The van der Waals surface area contributed by atoms with Gasteiger partial charge in [-0.3, -0.25) is 4.57 Å².